The largest absolute Gasteiger partial charge is 0.357 e. The number of likely N-dealkylation sites (tertiary alicyclic amines) is 2. The molecule has 2 aliphatic heterocycles. The van der Waals surface area contributed by atoms with E-state index in [1.54, 1.807) is 0 Å². The van der Waals surface area contributed by atoms with Gasteiger partial charge in [0.05, 0.1) is 5.84 Å². The average Bonchev–Trinajstić information content (AvgIpc) is 2.87. The molecular weight excluding hydrogens is 234 g/mol. The molecule has 1 N–H and O–H groups in total. The molecule has 0 radical (unpaired) electrons. The highest BCUT2D eigenvalue weighted by molar-refractivity contribution is 5.81. The van der Waals surface area contributed by atoms with Crippen molar-refractivity contribution in [3.8, 4) is 0 Å². The second-order valence-electron chi connectivity index (χ2n) is 5.74. The Kier molecular flexibility index (Phi) is 3.83. The maximum atomic E-state index is 7.98. The standard InChI is InChI=1S/C16H23N3/c17-16-7-4-10-19(16)15-8-11-18(12-9-15)13-14-5-2-1-3-6-14/h1-3,5-6,15,17H,4,7-13H2. The lowest BCUT2D eigenvalue weighted by molar-refractivity contribution is 0.152. The molecule has 19 heavy (non-hydrogen) atoms. The molecule has 0 unspecified atom stereocenters. The number of nitrogens with zero attached hydrogens (tertiary/aromatic N) is 2. The zero-order valence-corrected chi connectivity index (χ0v) is 11.5. The van der Waals surface area contributed by atoms with Gasteiger partial charge in [0.15, 0.2) is 0 Å². The van der Waals surface area contributed by atoms with Gasteiger partial charge in [0.1, 0.15) is 0 Å². The fraction of sp³-hybridized carbons (Fsp3) is 0.562. The van der Waals surface area contributed by atoms with Gasteiger partial charge < -0.3 is 4.90 Å². The minimum Gasteiger partial charge on any atom is -0.357 e. The van der Waals surface area contributed by atoms with E-state index >= 15 is 0 Å². The molecule has 0 bridgehead atoms. The molecule has 2 aliphatic rings. The van der Waals surface area contributed by atoms with Crippen molar-refractivity contribution < 1.29 is 0 Å². The Hall–Kier alpha value is -1.35. The van der Waals surface area contributed by atoms with Gasteiger partial charge in [0.2, 0.25) is 0 Å². The molecule has 3 rings (SSSR count). The zero-order chi connectivity index (χ0) is 13.1. The molecule has 1 aromatic carbocycles. The number of amidine groups is 1. The Morgan fingerprint density at radius 2 is 1.79 bits per heavy atom. The third-order valence-electron chi connectivity index (χ3n) is 4.41. The summed E-state index contributed by atoms with van der Waals surface area (Å²) in [6, 6.07) is 11.4. The molecule has 2 fully saturated rings. The SMILES string of the molecule is N=C1CCCN1C1CCN(Cc2ccccc2)CC1. The smallest absolute Gasteiger partial charge is 0.0960 e. The van der Waals surface area contributed by atoms with Crippen molar-refractivity contribution in [3.63, 3.8) is 0 Å². The predicted octanol–water partition coefficient (Wildman–Crippen LogP) is 2.72. The highest BCUT2D eigenvalue weighted by atomic mass is 15.2. The molecule has 102 valence electrons. The zero-order valence-electron chi connectivity index (χ0n) is 11.5. The van der Waals surface area contributed by atoms with Gasteiger partial charge in [-0.05, 0) is 24.8 Å². The third-order valence-corrected chi connectivity index (χ3v) is 4.41. The Balaban J connectivity index is 1.51. The maximum Gasteiger partial charge on any atom is 0.0960 e. The van der Waals surface area contributed by atoms with Crippen LogP contribution in [0.25, 0.3) is 0 Å². The quantitative estimate of drug-likeness (QED) is 0.902. The van der Waals surface area contributed by atoms with Gasteiger partial charge >= 0.3 is 0 Å². The van der Waals surface area contributed by atoms with E-state index in [2.05, 4.69) is 40.1 Å². The van der Waals surface area contributed by atoms with Crippen LogP contribution in [0.3, 0.4) is 0 Å². The molecule has 2 heterocycles. The van der Waals surface area contributed by atoms with E-state index in [1.165, 1.54) is 37.9 Å². The molecule has 1 aromatic rings. The Labute approximate surface area is 115 Å². The highest BCUT2D eigenvalue weighted by Crippen LogP contribution is 2.23. The number of hydrogen-bond acceptors (Lipinski definition) is 2. The van der Waals surface area contributed by atoms with Crippen molar-refractivity contribution >= 4 is 5.84 Å². The van der Waals surface area contributed by atoms with Crippen LogP contribution in [0.5, 0.6) is 0 Å². The summed E-state index contributed by atoms with van der Waals surface area (Å²) >= 11 is 0. The molecular formula is C16H23N3. The fourth-order valence-corrected chi connectivity index (χ4v) is 3.33. The van der Waals surface area contributed by atoms with Gasteiger partial charge in [0.25, 0.3) is 0 Å². The van der Waals surface area contributed by atoms with Crippen LogP contribution in [0.2, 0.25) is 0 Å². The summed E-state index contributed by atoms with van der Waals surface area (Å²) in [6.45, 7) is 4.53. The van der Waals surface area contributed by atoms with Gasteiger partial charge in [0, 0.05) is 38.6 Å². The number of piperidine rings is 1. The summed E-state index contributed by atoms with van der Waals surface area (Å²) < 4.78 is 0. The molecule has 0 aromatic heterocycles. The van der Waals surface area contributed by atoms with Crippen LogP contribution in [0, 0.1) is 5.41 Å². The van der Waals surface area contributed by atoms with E-state index in [-0.39, 0.29) is 0 Å². The van der Waals surface area contributed by atoms with Gasteiger partial charge in [-0.3, -0.25) is 10.3 Å². The Morgan fingerprint density at radius 1 is 1.05 bits per heavy atom. The van der Waals surface area contributed by atoms with Crippen LogP contribution in [0.1, 0.15) is 31.2 Å². The molecule has 0 atom stereocenters. The van der Waals surface area contributed by atoms with Crippen molar-refractivity contribution in [2.24, 2.45) is 0 Å². The van der Waals surface area contributed by atoms with Crippen LogP contribution in [0.4, 0.5) is 0 Å². The molecule has 0 amide bonds. The van der Waals surface area contributed by atoms with Gasteiger partial charge in [-0.25, -0.2) is 0 Å². The molecule has 3 heteroatoms. The highest BCUT2D eigenvalue weighted by Gasteiger charge is 2.28. The molecule has 0 spiro atoms. The molecule has 0 aliphatic carbocycles. The maximum absolute atomic E-state index is 7.98. The summed E-state index contributed by atoms with van der Waals surface area (Å²) in [5.74, 6) is 0.876. The van der Waals surface area contributed by atoms with E-state index in [0.29, 0.717) is 6.04 Å². The minimum atomic E-state index is 0.627. The summed E-state index contributed by atoms with van der Waals surface area (Å²) in [4.78, 5) is 4.89. The van der Waals surface area contributed by atoms with E-state index in [0.717, 1.165) is 25.3 Å². The van der Waals surface area contributed by atoms with Crippen LogP contribution < -0.4 is 0 Å². The van der Waals surface area contributed by atoms with E-state index < -0.39 is 0 Å². The summed E-state index contributed by atoms with van der Waals surface area (Å²) in [7, 11) is 0. The van der Waals surface area contributed by atoms with Crippen molar-refractivity contribution in [2.75, 3.05) is 19.6 Å². The Bertz CT molecular complexity index is 421. The topological polar surface area (TPSA) is 30.3 Å². The lowest BCUT2D eigenvalue weighted by atomic mass is 10.0. The normalized spacial score (nSPS) is 22.1. The van der Waals surface area contributed by atoms with Crippen molar-refractivity contribution in [3.05, 3.63) is 35.9 Å². The summed E-state index contributed by atoms with van der Waals surface area (Å²) in [5, 5.41) is 7.98. The third kappa shape index (κ3) is 2.98. The lowest BCUT2D eigenvalue weighted by Crippen LogP contribution is -2.44. The number of nitrogens with one attached hydrogen (secondary N) is 1. The number of benzene rings is 1. The van der Waals surface area contributed by atoms with E-state index in [1.807, 2.05) is 0 Å². The van der Waals surface area contributed by atoms with Crippen molar-refractivity contribution in [2.45, 2.75) is 38.3 Å². The first kappa shape index (κ1) is 12.7. The Morgan fingerprint density at radius 3 is 2.42 bits per heavy atom. The average molecular weight is 257 g/mol. The van der Waals surface area contributed by atoms with Gasteiger partial charge in [-0.2, -0.15) is 0 Å². The predicted molar refractivity (Wildman–Crippen MR) is 78.4 cm³/mol. The first-order valence-electron chi connectivity index (χ1n) is 7.43. The first-order valence-corrected chi connectivity index (χ1v) is 7.43. The van der Waals surface area contributed by atoms with Gasteiger partial charge in [-0.15, -0.1) is 0 Å². The van der Waals surface area contributed by atoms with Gasteiger partial charge in [-0.1, -0.05) is 30.3 Å². The van der Waals surface area contributed by atoms with Crippen LogP contribution in [-0.2, 0) is 6.54 Å². The molecule has 3 nitrogen and oxygen atoms in total. The van der Waals surface area contributed by atoms with Crippen molar-refractivity contribution in [1.82, 2.24) is 9.80 Å². The lowest BCUT2D eigenvalue weighted by Gasteiger charge is -2.37. The van der Waals surface area contributed by atoms with Crippen LogP contribution in [0.15, 0.2) is 30.3 Å². The van der Waals surface area contributed by atoms with E-state index in [4.69, 9.17) is 5.41 Å². The molecule has 0 saturated carbocycles. The number of hydrogen-bond donors (Lipinski definition) is 1. The first-order chi connectivity index (χ1) is 9.33. The fourth-order valence-electron chi connectivity index (χ4n) is 3.33. The van der Waals surface area contributed by atoms with Crippen molar-refractivity contribution in [1.29, 1.82) is 5.41 Å². The summed E-state index contributed by atoms with van der Waals surface area (Å²) in [6.07, 6.45) is 4.61. The second kappa shape index (κ2) is 5.74. The summed E-state index contributed by atoms with van der Waals surface area (Å²) in [5.41, 5.74) is 1.41. The van der Waals surface area contributed by atoms with E-state index in [9.17, 15) is 0 Å². The monoisotopic (exact) mass is 257 g/mol. The van der Waals surface area contributed by atoms with Crippen LogP contribution in [-0.4, -0.2) is 41.3 Å². The minimum absolute atomic E-state index is 0.627. The number of rotatable bonds is 3. The molecule has 2 saturated heterocycles. The second-order valence-corrected chi connectivity index (χ2v) is 5.74. The van der Waals surface area contributed by atoms with Crippen LogP contribution >= 0.6 is 0 Å².